The quantitative estimate of drug-likeness (QED) is 0.559. The second kappa shape index (κ2) is 8.96. The number of halogens is 3. The van der Waals surface area contributed by atoms with Crippen LogP contribution in [-0.2, 0) is 0 Å². The Morgan fingerprint density at radius 2 is 0.800 bits per heavy atom. The van der Waals surface area contributed by atoms with Crippen molar-refractivity contribution in [1.29, 1.82) is 21.0 Å². The molecule has 5 nitrogen and oxygen atoms in total. The molecule has 35 heavy (non-hydrogen) atoms. The van der Waals surface area contributed by atoms with Gasteiger partial charge in [-0.05, 0) is 53.1 Å². The molecule has 3 aromatic carbocycles. The van der Waals surface area contributed by atoms with E-state index in [1.807, 2.05) is 24.3 Å². The molecule has 3 aromatic rings. The molecule has 0 spiro atoms. The van der Waals surface area contributed by atoms with Crippen LogP contribution in [0.15, 0.2) is 72.8 Å². The molecular weight excluding hydrogens is 451 g/mol. The first-order chi connectivity index (χ1) is 16.8. The van der Waals surface area contributed by atoms with Crippen LogP contribution in [0.2, 0.25) is 0 Å². The second-order valence-electron chi connectivity index (χ2n) is 8.31. The molecular formula is C27H16F3N5. The van der Waals surface area contributed by atoms with E-state index in [0.29, 0.717) is 11.1 Å². The number of hydrogen-bond acceptors (Lipinski definition) is 5. The van der Waals surface area contributed by atoms with Crippen molar-refractivity contribution in [2.75, 3.05) is 0 Å². The van der Waals surface area contributed by atoms with Crippen LogP contribution in [0.4, 0.5) is 13.2 Å². The number of nitriles is 4. The highest BCUT2D eigenvalue weighted by atomic mass is 19.1. The zero-order chi connectivity index (χ0) is 25.2. The zero-order valence-corrected chi connectivity index (χ0v) is 18.1. The van der Waals surface area contributed by atoms with E-state index >= 15 is 0 Å². The Morgan fingerprint density at radius 1 is 0.514 bits per heavy atom. The predicted molar refractivity (Wildman–Crippen MR) is 118 cm³/mol. The van der Waals surface area contributed by atoms with Gasteiger partial charge in [-0.3, -0.25) is 5.32 Å². The Hall–Kier alpha value is -4.63. The maximum absolute atomic E-state index is 13.8. The van der Waals surface area contributed by atoms with Gasteiger partial charge in [-0.1, -0.05) is 36.4 Å². The summed E-state index contributed by atoms with van der Waals surface area (Å²) in [5.74, 6) is -2.98. The van der Waals surface area contributed by atoms with Crippen LogP contribution >= 0.6 is 0 Å². The summed E-state index contributed by atoms with van der Waals surface area (Å²) in [6.07, 6.45) is 0. The van der Waals surface area contributed by atoms with Crippen molar-refractivity contribution in [1.82, 2.24) is 5.32 Å². The Kier molecular flexibility index (Phi) is 6.02. The minimum absolute atomic E-state index is 0.235. The summed E-state index contributed by atoms with van der Waals surface area (Å²) in [5.41, 5.74) is -3.08. The maximum Gasteiger partial charge on any atom is 0.172 e. The van der Waals surface area contributed by atoms with E-state index in [4.69, 9.17) is 0 Å². The monoisotopic (exact) mass is 467 g/mol. The van der Waals surface area contributed by atoms with Gasteiger partial charge in [-0.2, -0.15) is 21.0 Å². The first-order valence-electron chi connectivity index (χ1n) is 10.5. The van der Waals surface area contributed by atoms with E-state index in [1.54, 1.807) is 0 Å². The minimum atomic E-state index is -2.03. The molecule has 170 valence electrons. The molecule has 2 atom stereocenters. The standard InChI is InChI=1S/C27H16F3N5/c28-20-7-1-17(2-8-20)23-26(13-31,14-32)24(18-3-9-21(29)10-4-18)35-25(27(23,15-33)16-34)19-5-11-22(30)12-6-19/h1-12,23-25,35H. The summed E-state index contributed by atoms with van der Waals surface area (Å²) in [6.45, 7) is 0. The highest BCUT2D eigenvalue weighted by Gasteiger charge is 2.65. The van der Waals surface area contributed by atoms with Crippen molar-refractivity contribution in [3.63, 3.8) is 0 Å². The van der Waals surface area contributed by atoms with E-state index in [0.717, 1.165) is 12.1 Å². The summed E-state index contributed by atoms with van der Waals surface area (Å²) >= 11 is 0. The normalized spacial score (nSPS) is 22.1. The number of nitrogens with one attached hydrogen (secondary N) is 1. The molecule has 4 rings (SSSR count). The van der Waals surface area contributed by atoms with E-state index in [1.165, 1.54) is 60.7 Å². The van der Waals surface area contributed by atoms with Gasteiger partial charge in [0.05, 0.1) is 42.3 Å². The van der Waals surface area contributed by atoms with Crippen molar-refractivity contribution in [2.45, 2.75) is 18.0 Å². The summed E-state index contributed by atoms with van der Waals surface area (Å²) < 4.78 is 41.2. The Bertz CT molecular complexity index is 1290. The highest BCUT2D eigenvalue weighted by molar-refractivity contribution is 5.49. The fourth-order valence-electron chi connectivity index (χ4n) is 4.90. The molecule has 1 aliphatic heterocycles. The minimum Gasteiger partial charge on any atom is -0.298 e. The van der Waals surface area contributed by atoms with Gasteiger partial charge in [-0.15, -0.1) is 0 Å². The van der Waals surface area contributed by atoms with Gasteiger partial charge in [-0.25, -0.2) is 13.2 Å². The molecule has 8 heteroatoms. The number of nitrogens with zero attached hydrogens (tertiary/aromatic N) is 4. The summed E-state index contributed by atoms with van der Waals surface area (Å²) in [4.78, 5) is 0. The Balaban J connectivity index is 2.07. The van der Waals surface area contributed by atoms with Crippen molar-refractivity contribution in [3.05, 3.63) is 107 Å². The predicted octanol–water partition coefficient (Wildman–Crippen LogP) is 5.34. The van der Waals surface area contributed by atoms with Gasteiger partial charge in [0.2, 0.25) is 0 Å². The van der Waals surface area contributed by atoms with E-state index in [-0.39, 0.29) is 5.56 Å². The summed E-state index contributed by atoms with van der Waals surface area (Å²) in [6, 6.07) is 21.2. The molecule has 0 amide bonds. The van der Waals surface area contributed by atoms with Crippen molar-refractivity contribution >= 4 is 0 Å². The fourth-order valence-corrected chi connectivity index (χ4v) is 4.90. The highest BCUT2D eigenvalue weighted by Crippen LogP contribution is 2.61. The van der Waals surface area contributed by atoms with Crippen LogP contribution in [-0.4, -0.2) is 0 Å². The lowest BCUT2D eigenvalue weighted by molar-refractivity contribution is 0.0996. The van der Waals surface area contributed by atoms with Gasteiger partial charge in [0.25, 0.3) is 0 Å². The molecule has 1 fully saturated rings. The molecule has 0 aliphatic carbocycles. The molecule has 1 heterocycles. The topological polar surface area (TPSA) is 107 Å². The van der Waals surface area contributed by atoms with E-state index in [9.17, 15) is 34.2 Å². The van der Waals surface area contributed by atoms with Crippen molar-refractivity contribution < 1.29 is 13.2 Å². The third-order valence-electron chi connectivity index (χ3n) is 6.50. The average Bonchev–Trinajstić information content (AvgIpc) is 2.89. The van der Waals surface area contributed by atoms with Crippen LogP contribution in [0.3, 0.4) is 0 Å². The Morgan fingerprint density at radius 3 is 1.09 bits per heavy atom. The van der Waals surface area contributed by atoms with Crippen LogP contribution in [0, 0.1) is 73.6 Å². The van der Waals surface area contributed by atoms with Crippen molar-refractivity contribution in [3.8, 4) is 24.3 Å². The smallest absolute Gasteiger partial charge is 0.172 e. The van der Waals surface area contributed by atoms with Crippen molar-refractivity contribution in [2.24, 2.45) is 10.8 Å². The van der Waals surface area contributed by atoms with Gasteiger partial charge in [0, 0.05) is 0 Å². The largest absolute Gasteiger partial charge is 0.298 e. The maximum atomic E-state index is 13.8. The van der Waals surface area contributed by atoms with Crippen LogP contribution < -0.4 is 5.32 Å². The third-order valence-corrected chi connectivity index (χ3v) is 6.50. The molecule has 0 radical (unpaired) electrons. The Labute approximate surface area is 199 Å². The molecule has 0 bridgehead atoms. The first-order valence-corrected chi connectivity index (χ1v) is 10.5. The van der Waals surface area contributed by atoms with Crippen LogP contribution in [0.25, 0.3) is 0 Å². The summed E-state index contributed by atoms with van der Waals surface area (Å²) in [5, 5.41) is 44.7. The lowest BCUT2D eigenvalue weighted by Gasteiger charge is -2.51. The molecule has 0 saturated carbocycles. The van der Waals surface area contributed by atoms with Gasteiger partial charge < -0.3 is 0 Å². The van der Waals surface area contributed by atoms with E-state index in [2.05, 4.69) is 5.32 Å². The van der Waals surface area contributed by atoms with Crippen LogP contribution in [0.5, 0.6) is 0 Å². The van der Waals surface area contributed by atoms with E-state index < -0.39 is 46.3 Å². The summed E-state index contributed by atoms with van der Waals surface area (Å²) in [7, 11) is 0. The van der Waals surface area contributed by atoms with Gasteiger partial charge >= 0.3 is 0 Å². The molecule has 1 N–H and O–H groups in total. The average molecular weight is 467 g/mol. The molecule has 1 saturated heterocycles. The van der Waals surface area contributed by atoms with Gasteiger partial charge in [0.1, 0.15) is 17.5 Å². The SMILES string of the molecule is N#CC1(C#N)C(c2ccc(F)cc2)NC(c2ccc(F)cc2)C(C#N)(C#N)C1c1ccc(F)cc1. The lowest BCUT2D eigenvalue weighted by atomic mass is 9.51. The number of rotatable bonds is 3. The molecule has 2 unspecified atom stereocenters. The number of piperidine rings is 1. The van der Waals surface area contributed by atoms with Crippen LogP contribution in [0.1, 0.15) is 34.7 Å². The number of benzene rings is 3. The molecule has 1 aliphatic rings. The zero-order valence-electron chi connectivity index (χ0n) is 18.1. The lowest BCUT2D eigenvalue weighted by Crippen LogP contribution is -2.57. The third kappa shape index (κ3) is 3.68. The fraction of sp³-hybridized carbons (Fsp3) is 0.185. The second-order valence-corrected chi connectivity index (χ2v) is 8.31. The number of hydrogen-bond donors (Lipinski definition) is 1. The van der Waals surface area contributed by atoms with Gasteiger partial charge in [0.15, 0.2) is 10.8 Å². The first kappa shape index (κ1) is 23.5. The molecule has 0 aromatic heterocycles.